The lowest BCUT2D eigenvalue weighted by Gasteiger charge is -2.34. The molecule has 1 aliphatic rings. The van der Waals surface area contributed by atoms with Crippen LogP contribution in [-0.2, 0) is 0 Å². The molecule has 2 aromatic carbocycles. The SMILES string of the molecule is CN(C)CC1CCN(c2ccc(NC(=O)c3cccc(F)c3)cc2)CC1. The maximum Gasteiger partial charge on any atom is 0.255 e. The van der Waals surface area contributed by atoms with Crippen LogP contribution in [0.4, 0.5) is 15.8 Å². The number of halogens is 1. The van der Waals surface area contributed by atoms with E-state index in [2.05, 4.69) is 29.2 Å². The first kappa shape index (κ1) is 18.4. The zero-order chi connectivity index (χ0) is 18.5. The molecule has 138 valence electrons. The molecular formula is C21H26FN3O. The first-order chi connectivity index (χ1) is 12.5. The Hall–Kier alpha value is -2.40. The molecule has 1 aliphatic heterocycles. The Labute approximate surface area is 154 Å². The molecule has 3 rings (SSSR count). The Bertz CT molecular complexity index is 737. The quantitative estimate of drug-likeness (QED) is 0.885. The summed E-state index contributed by atoms with van der Waals surface area (Å²) >= 11 is 0. The van der Waals surface area contributed by atoms with Crippen molar-refractivity contribution in [3.05, 3.63) is 59.9 Å². The van der Waals surface area contributed by atoms with Crippen LogP contribution in [-0.4, -0.2) is 44.5 Å². The van der Waals surface area contributed by atoms with Crippen LogP contribution < -0.4 is 10.2 Å². The lowest BCUT2D eigenvalue weighted by Crippen LogP contribution is -2.37. The van der Waals surface area contributed by atoms with E-state index < -0.39 is 5.82 Å². The minimum atomic E-state index is -0.411. The van der Waals surface area contributed by atoms with Crippen LogP contribution in [0.15, 0.2) is 48.5 Å². The molecule has 0 saturated carbocycles. The van der Waals surface area contributed by atoms with Crippen molar-refractivity contribution in [3.8, 4) is 0 Å². The van der Waals surface area contributed by atoms with Crippen molar-refractivity contribution < 1.29 is 9.18 Å². The lowest BCUT2D eigenvalue weighted by atomic mass is 9.96. The Balaban J connectivity index is 1.56. The maximum absolute atomic E-state index is 13.2. The molecule has 1 N–H and O–H groups in total. The number of hydrogen-bond donors (Lipinski definition) is 1. The fourth-order valence-corrected chi connectivity index (χ4v) is 3.48. The minimum absolute atomic E-state index is 0.304. The molecule has 4 nitrogen and oxygen atoms in total. The molecule has 0 aromatic heterocycles. The number of benzene rings is 2. The van der Waals surface area contributed by atoms with Gasteiger partial charge in [0.05, 0.1) is 0 Å². The number of carbonyl (C=O) groups excluding carboxylic acids is 1. The highest BCUT2D eigenvalue weighted by molar-refractivity contribution is 6.04. The average molecular weight is 355 g/mol. The van der Waals surface area contributed by atoms with Crippen LogP contribution in [0.1, 0.15) is 23.2 Å². The first-order valence-corrected chi connectivity index (χ1v) is 9.08. The molecule has 2 aromatic rings. The molecule has 0 atom stereocenters. The van der Waals surface area contributed by atoms with Gasteiger partial charge >= 0.3 is 0 Å². The molecule has 0 bridgehead atoms. The zero-order valence-electron chi connectivity index (χ0n) is 15.4. The Morgan fingerprint density at radius 2 is 1.85 bits per heavy atom. The Morgan fingerprint density at radius 1 is 1.15 bits per heavy atom. The summed E-state index contributed by atoms with van der Waals surface area (Å²) in [6.45, 7) is 3.28. The third-order valence-electron chi connectivity index (χ3n) is 4.82. The van der Waals surface area contributed by atoms with Gasteiger partial charge in [0.25, 0.3) is 5.91 Å². The van der Waals surface area contributed by atoms with E-state index in [4.69, 9.17) is 0 Å². The van der Waals surface area contributed by atoms with Crippen LogP contribution in [0.3, 0.4) is 0 Å². The van der Waals surface area contributed by atoms with Crippen LogP contribution >= 0.6 is 0 Å². The Morgan fingerprint density at radius 3 is 2.46 bits per heavy atom. The van der Waals surface area contributed by atoms with E-state index >= 15 is 0 Å². The van der Waals surface area contributed by atoms with E-state index in [-0.39, 0.29) is 5.91 Å². The molecule has 0 spiro atoms. The van der Waals surface area contributed by atoms with Crippen LogP contribution in [0.25, 0.3) is 0 Å². The summed E-state index contributed by atoms with van der Waals surface area (Å²) < 4.78 is 13.2. The van der Waals surface area contributed by atoms with Crippen LogP contribution in [0, 0.1) is 11.7 Å². The summed E-state index contributed by atoms with van der Waals surface area (Å²) in [5.74, 6) is 0.0542. The summed E-state index contributed by atoms with van der Waals surface area (Å²) in [5.41, 5.74) is 2.21. The maximum atomic E-state index is 13.2. The number of nitrogens with one attached hydrogen (secondary N) is 1. The molecule has 5 heteroatoms. The summed E-state index contributed by atoms with van der Waals surface area (Å²) in [7, 11) is 4.26. The van der Waals surface area contributed by atoms with E-state index in [1.54, 1.807) is 6.07 Å². The number of nitrogens with zero attached hydrogens (tertiary/aromatic N) is 2. The van der Waals surface area contributed by atoms with E-state index in [1.807, 2.05) is 24.3 Å². The van der Waals surface area contributed by atoms with Gasteiger partial charge in [0.15, 0.2) is 0 Å². The van der Waals surface area contributed by atoms with Gasteiger partial charge < -0.3 is 15.1 Å². The van der Waals surface area contributed by atoms with Crippen molar-refractivity contribution in [2.24, 2.45) is 5.92 Å². The summed E-state index contributed by atoms with van der Waals surface area (Å²) in [6.07, 6.45) is 2.41. The molecule has 1 fully saturated rings. The summed E-state index contributed by atoms with van der Waals surface area (Å²) in [4.78, 5) is 16.8. The molecule has 0 aliphatic carbocycles. The molecule has 0 unspecified atom stereocenters. The summed E-state index contributed by atoms with van der Waals surface area (Å²) in [6, 6.07) is 13.6. The highest BCUT2D eigenvalue weighted by Gasteiger charge is 2.19. The third-order valence-corrected chi connectivity index (χ3v) is 4.82. The third kappa shape index (κ3) is 4.82. The van der Waals surface area contributed by atoms with Gasteiger partial charge in [-0.1, -0.05) is 6.07 Å². The van der Waals surface area contributed by atoms with Gasteiger partial charge in [0, 0.05) is 36.6 Å². The number of piperidine rings is 1. The predicted octanol–water partition coefficient (Wildman–Crippen LogP) is 3.86. The monoisotopic (exact) mass is 355 g/mol. The van der Waals surface area contributed by atoms with Crippen molar-refractivity contribution in [3.63, 3.8) is 0 Å². The van der Waals surface area contributed by atoms with Crippen molar-refractivity contribution in [1.82, 2.24) is 4.90 Å². The molecule has 26 heavy (non-hydrogen) atoms. The molecule has 1 amide bonds. The minimum Gasteiger partial charge on any atom is -0.372 e. The van der Waals surface area contributed by atoms with Crippen LogP contribution in [0.2, 0.25) is 0 Å². The second kappa shape index (κ2) is 8.32. The summed E-state index contributed by atoms with van der Waals surface area (Å²) in [5, 5.41) is 2.81. The average Bonchev–Trinajstić information content (AvgIpc) is 2.62. The van der Waals surface area contributed by atoms with Gasteiger partial charge in [-0.25, -0.2) is 4.39 Å². The highest BCUT2D eigenvalue weighted by atomic mass is 19.1. The second-order valence-corrected chi connectivity index (χ2v) is 7.20. The van der Waals surface area contributed by atoms with Gasteiger partial charge in [-0.3, -0.25) is 4.79 Å². The number of hydrogen-bond acceptors (Lipinski definition) is 3. The number of anilines is 2. The van der Waals surface area contributed by atoms with Crippen molar-refractivity contribution in [2.75, 3.05) is 43.9 Å². The van der Waals surface area contributed by atoms with Crippen molar-refractivity contribution in [2.45, 2.75) is 12.8 Å². The topological polar surface area (TPSA) is 35.6 Å². The van der Waals surface area contributed by atoms with Crippen molar-refractivity contribution >= 4 is 17.3 Å². The van der Waals surface area contributed by atoms with Gasteiger partial charge in [0.1, 0.15) is 5.82 Å². The lowest BCUT2D eigenvalue weighted by molar-refractivity contribution is 0.102. The second-order valence-electron chi connectivity index (χ2n) is 7.20. The molecule has 0 radical (unpaired) electrons. The standard InChI is InChI=1S/C21H26FN3O/c1-24(2)15-16-10-12-25(13-11-16)20-8-6-19(7-9-20)23-21(26)17-4-3-5-18(22)14-17/h3-9,14,16H,10-13,15H2,1-2H3,(H,23,26). The van der Waals surface area contributed by atoms with Gasteiger partial charge in [-0.15, -0.1) is 0 Å². The molecular weight excluding hydrogens is 329 g/mol. The Kier molecular flexibility index (Phi) is 5.89. The molecule has 1 heterocycles. The predicted molar refractivity (Wildman–Crippen MR) is 104 cm³/mol. The van der Waals surface area contributed by atoms with Crippen LogP contribution in [0.5, 0.6) is 0 Å². The largest absolute Gasteiger partial charge is 0.372 e. The number of rotatable bonds is 5. The van der Waals surface area contributed by atoms with E-state index in [9.17, 15) is 9.18 Å². The number of amides is 1. The van der Waals surface area contributed by atoms with Gasteiger partial charge in [0.2, 0.25) is 0 Å². The van der Waals surface area contributed by atoms with E-state index in [1.165, 1.54) is 36.7 Å². The van der Waals surface area contributed by atoms with E-state index in [0.29, 0.717) is 11.3 Å². The normalized spacial score (nSPS) is 15.3. The molecule has 1 saturated heterocycles. The van der Waals surface area contributed by atoms with Gasteiger partial charge in [-0.2, -0.15) is 0 Å². The fraction of sp³-hybridized carbons (Fsp3) is 0.381. The number of carbonyl (C=O) groups is 1. The van der Waals surface area contributed by atoms with Crippen molar-refractivity contribution in [1.29, 1.82) is 0 Å². The fourth-order valence-electron chi connectivity index (χ4n) is 3.48. The zero-order valence-corrected chi connectivity index (χ0v) is 15.4. The highest BCUT2D eigenvalue weighted by Crippen LogP contribution is 2.25. The smallest absolute Gasteiger partial charge is 0.255 e. The van der Waals surface area contributed by atoms with E-state index in [0.717, 1.165) is 25.6 Å². The first-order valence-electron chi connectivity index (χ1n) is 9.08. The van der Waals surface area contributed by atoms with Gasteiger partial charge in [-0.05, 0) is 75.3 Å².